The van der Waals surface area contributed by atoms with E-state index >= 15 is 0 Å². The van der Waals surface area contributed by atoms with Gasteiger partial charge in [0, 0.05) is 10.2 Å². The Morgan fingerprint density at radius 1 is 1.53 bits per heavy atom. The highest BCUT2D eigenvalue weighted by Gasteiger charge is 2.12. The Kier molecular flexibility index (Phi) is 6.00. The van der Waals surface area contributed by atoms with Crippen molar-refractivity contribution in [1.29, 1.82) is 0 Å². The molecule has 0 aromatic rings. The molecule has 0 bridgehead atoms. The molecular weight excluding hydrogens is 196 g/mol. The Labute approximate surface area is 98.3 Å². The summed E-state index contributed by atoms with van der Waals surface area (Å²) in [5.74, 6) is 1.64. The van der Waals surface area contributed by atoms with Crippen LogP contribution >= 0.6 is 0 Å². The van der Waals surface area contributed by atoms with Gasteiger partial charge in [-0.2, -0.15) is 0 Å². The van der Waals surface area contributed by atoms with Crippen molar-refractivity contribution in [3.8, 4) is 0 Å². The zero-order chi connectivity index (χ0) is 11.1. The summed E-state index contributed by atoms with van der Waals surface area (Å²) >= 11 is 0. The van der Waals surface area contributed by atoms with E-state index in [-0.39, 0.29) is 0 Å². The zero-order valence-corrected chi connectivity index (χ0v) is 11.4. The molecule has 1 atom stereocenters. The van der Waals surface area contributed by atoms with Gasteiger partial charge >= 0.3 is 0 Å². The fourth-order valence-corrected chi connectivity index (χ4v) is 2.28. The van der Waals surface area contributed by atoms with Gasteiger partial charge in [-0.05, 0) is 31.1 Å². The van der Waals surface area contributed by atoms with E-state index in [0.717, 1.165) is 5.92 Å². The van der Waals surface area contributed by atoms with E-state index in [2.05, 4.69) is 42.3 Å². The first kappa shape index (κ1) is 12.8. The first-order valence-electron chi connectivity index (χ1n) is 6.29. The zero-order valence-electron chi connectivity index (χ0n) is 10.2. The second-order valence-corrected chi connectivity index (χ2v) is 5.53. The van der Waals surface area contributed by atoms with Gasteiger partial charge in [-0.1, -0.05) is 56.5 Å². The maximum atomic E-state index is 2.83. The largest absolute Gasteiger partial charge is 0.0817 e. The average Bonchev–Trinajstić information content (AvgIpc) is 2.25. The van der Waals surface area contributed by atoms with Gasteiger partial charge in [-0.15, -0.1) is 0 Å². The minimum Gasteiger partial charge on any atom is -0.0817 e. The fraction of sp³-hybridized carbons (Fsp3) is 0.714. The maximum absolute atomic E-state index is 2.83. The van der Waals surface area contributed by atoms with E-state index in [1.165, 1.54) is 38.1 Å². The van der Waals surface area contributed by atoms with Crippen molar-refractivity contribution >= 4 is 10.2 Å². The van der Waals surface area contributed by atoms with Gasteiger partial charge in [0.25, 0.3) is 0 Å². The molecular formula is C14H24Si. The highest BCUT2D eigenvalue weighted by atomic mass is 28.1. The Morgan fingerprint density at radius 2 is 2.33 bits per heavy atom. The molecule has 0 heterocycles. The molecule has 84 valence electrons. The third-order valence-electron chi connectivity index (χ3n) is 3.07. The maximum Gasteiger partial charge on any atom is 0.0143 e. The fourth-order valence-electron chi connectivity index (χ4n) is 2.04. The quantitative estimate of drug-likeness (QED) is 0.614. The highest BCUT2D eigenvalue weighted by Crippen LogP contribution is 2.28. The van der Waals surface area contributed by atoms with Crippen LogP contribution in [0.2, 0.25) is 6.04 Å². The van der Waals surface area contributed by atoms with Crippen molar-refractivity contribution in [1.82, 2.24) is 0 Å². The molecule has 0 nitrogen and oxygen atoms in total. The van der Waals surface area contributed by atoms with Gasteiger partial charge in [0.2, 0.25) is 0 Å². The van der Waals surface area contributed by atoms with Crippen molar-refractivity contribution in [3.63, 3.8) is 0 Å². The van der Waals surface area contributed by atoms with Crippen LogP contribution < -0.4 is 0 Å². The monoisotopic (exact) mass is 220 g/mol. The van der Waals surface area contributed by atoms with Gasteiger partial charge in [0.15, 0.2) is 0 Å². The van der Waals surface area contributed by atoms with Gasteiger partial charge in [0.1, 0.15) is 0 Å². The highest BCUT2D eigenvalue weighted by molar-refractivity contribution is 6.08. The minimum absolute atomic E-state index is 0.681. The van der Waals surface area contributed by atoms with Crippen LogP contribution in [0, 0.1) is 11.8 Å². The van der Waals surface area contributed by atoms with Crippen LogP contribution in [0.25, 0.3) is 0 Å². The van der Waals surface area contributed by atoms with Gasteiger partial charge in [-0.25, -0.2) is 0 Å². The molecule has 0 fully saturated rings. The summed E-state index contributed by atoms with van der Waals surface area (Å²) < 4.78 is 0. The minimum atomic E-state index is 0.681. The van der Waals surface area contributed by atoms with Crippen LogP contribution in [0.3, 0.4) is 0 Å². The van der Waals surface area contributed by atoms with Gasteiger partial charge < -0.3 is 0 Å². The van der Waals surface area contributed by atoms with E-state index in [0.29, 0.717) is 5.92 Å². The standard InChI is InChI=1S/C14H24Si/c1-12(2)5-6-14-9-7-13(8-10-14)4-3-11-15/h5-6,9,12-13,15H,3-4,7-8,10-11H2,1-2H3/b6-5+. The summed E-state index contributed by atoms with van der Waals surface area (Å²) in [5.41, 5.74) is 1.56. The van der Waals surface area contributed by atoms with E-state index in [1.54, 1.807) is 5.57 Å². The lowest BCUT2D eigenvalue weighted by Gasteiger charge is -2.20. The molecule has 1 aliphatic rings. The van der Waals surface area contributed by atoms with Crippen LogP contribution in [0.4, 0.5) is 0 Å². The summed E-state index contributed by atoms with van der Waals surface area (Å²) in [6.45, 7) is 4.48. The summed E-state index contributed by atoms with van der Waals surface area (Å²) in [4.78, 5) is 0. The van der Waals surface area contributed by atoms with E-state index in [4.69, 9.17) is 0 Å². The Bertz CT molecular complexity index is 225. The molecule has 15 heavy (non-hydrogen) atoms. The molecule has 0 saturated heterocycles. The third-order valence-corrected chi connectivity index (χ3v) is 3.47. The third kappa shape index (κ3) is 5.36. The Balaban J connectivity index is 2.31. The molecule has 0 aromatic carbocycles. The second-order valence-electron chi connectivity index (χ2n) is 4.95. The summed E-state index contributed by atoms with van der Waals surface area (Å²) in [5, 5.41) is 0. The molecule has 0 aromatic heterocycles. The molecule has 1 heteroatoms. The van der Waals surface area contributed by atoms with E-state index in [1.807, 2.05) is 0 Å². The Hall–Kier alpha value is -0.303. The predicted molar refractivity (Wildman–Crippen MR) is 70.6 cm³/mol. The first-order valence-corrected chi connectivity index (χ1v) is 7.11. The smallest absolute Gasteiger partial charge is 0.0143 e. The summed E-state index contributed by atoms with van der Waals surface area (Å²) in [6.07, 6.45) is 13.9. The number of hydrogen-bond donors (Lipinski definition) is 0. The molecule has 1 rings (SSSR count). The van der Waals surface area contributed by atoms with Gasteiger partial charge in [0.05, 0.1) is 0 Å². The topological polar surface area (TPSA) is 0 Å². The molecule has 2 radical (unpaired) electrons. The molecule has 0 N–H and O–H groups in total. The lowest BCUT2D eigenvalue weighted by Crippen LogP contribution is -2.05. The van der Waals surface area contributed by atoms with Crippen molar-refractivity contribution in [2.75, 3.05) is 0 Å². The molecule has 0 amide bonds. The molecule has 0 aliphatic heterocycles. The predicted octanol–water partition coefficient (Wildman–Crippen LogP) is 4.02. The van der Waals surface area contributed by atoms with Crippen molar-refractivity contribution in [3.05, 3.63) is 23.8 Å². The second kappa shape index (κ2) is 7.05. The van der Waals surface area contributed by atoms with E-state index < -0.39 is 0 Å². The van der Waals surface area contributed by atoms with Crippen LogP contribution in [0.5, 0.6) is 0 Å². The SMILES string of the molecule is CC(C)/C=C/C1=CCC(CCC[SiH])CC1. The van der Waals surface area contributed by atoms with Crippen molar-refractivity contribution in [2.24, 2.45) is 11.8 Å². The van der Waals surface area contributed by atoms with Crippen molar-refractivity contribution < 1.29 is 0 Å². The van der Waals surface area contributed by atoms with Crippen molar-refractivity contribution in [2.45, 2.75) is 52.0 Å². The normalized spacial score (nSPS) is 22.4. The number of allylic oxidation sites excluding steroid dienone is 4. The van der Waals surface area contributed by atoms with Gasteiger partial charge in [-0.3, -0.25) is 0 Å². The molecule has 1 aliphatic carbocycles. The lowest BCUT2D eigenvalue weighted by molar-refractivity contribution is 0.435. The average molecular weight is 220 g/mol. The Morgan fingerprint density at radius 3 is 2.87 bits per heavy atom. The lowest BCUT2D eigenvalue weighted by atomic mass is 9.86. The number of rotatable bonds is 5. The molecule has 0 saturated carbocycles. The first-order chi connectivity index (χ1) is 7.22. The van der Waals surface area contributed by atoms with E-state index in [9.17, 15) is 0 Å². The van der Waals surface area contributed by atoms with Crippen LogP contribution in [0.15, 0.2) is 23.8 Å². The molecule has 0 spiro atoms. The summed E-state index contributed by atoms with van der Waals surface area (Å²) in [6, 6.07) is 1.26. The van der Waals surface area contributed by atoms with Crippen LogP contribution in [0.1, 0.15) is 46.0 Å². The molecule has 1 unspecified atom stereocenters. The number of hydrogen-bond acceptors (Lipinski definition) is 0. The summed E-state index contributed by atoms with van der Waals surface area (Å²) in [7, 11) is 2.83. The van der Waals surface area contributed by atoms with Crippen LogP contribution in [-0.2, 0) is 0 Å². The van der Waals surface area contributed by atoms with Crippen LogP contribution in [-0.4, -0.2) is 10.2 Å².